The maximum Gasteiger partial charge on any atom is 0.161 e. The van der Waals surface area contributed by atoms with Gasteiger partial charge in [0, 0.05) is 5.56 Å². The van der Waals surface area contributed by atoms with Crippen LogP contribution in [0, 0.1) is 0 Å². The zero-order valence-corrected chi connectivity index (χ0v) is 16.9. The van der Waals surface area contributed by atoms with Crippen molar-refractivity contribution in [1.29, 1.82) is 0 Å². The van der Waals surface area contributed by atoms with Gasteiger partial charge < -0.3 is 34.2 Å². The third-order valence-corrected chi connectivity index (χ3v) is 4.25. The van der Waals surface area contributed by atoms with E-state index >= 15 is 0 Å². The molecule has 29 heavy (non-hydrogen) atoms. The van der Waals surface area contributed by atoms with Crippen molar-refractivity contribution in [1.82, 2.24) is 0 Å². The summed E-state index contributed by atoms with van der Waals surface area (Å²) in [4.78, 5) is 0.299. The van der Waals surface area contributed by atoms with E-state index in [-0.39, 0.29) is 0 Å². The fourth-order valence-electron chi connectivity index (χ4n) is 2.63. The molecule has 0 aliphatic carbocycles. The van der Waals surface area contributed by atoms with Crippen molar-refractivity contribution in [2.24, 2.45) is 5.73 Å². The normalized spacial score (nSPS) is 16.3. The van der Waals surface area contributed by atoms with E-state index in [2.05, 4.69) is 0 Å². The third kappa shape index (κ3) is 6.77. The monoisotopic (exact) mass is 419 g/mol. The van der Waals surface area contributed by atoms with Gasteiger partial charge in [-0.3, -0.25) is 0 Å². The van der Waals surface area contributed by atoms with Gasteiger partial charge in [0.1, 0.15) is 31.4 Å². The van der Waals surface area contributed by atoms with Crippen molar-refractivity contribution in [3.63, 3.8) is 0 Å². The molecule has 0 saturated carbocycles. The molecular formula is C21H25NO6S. The summed E-state index contributed by atoms with van der Waals surface area (Å²) in [7, 11) is 0. The first-order chi connectivity index (χ1) is 14.2. The average molecular weight is 419 g/mol. The van der Waals surface area contributed by atoms with Crippen LogP contribution in [0.25, 0.3) is 0 Å². The van der Waals surface area contributed by atoms with Gasteiger partial charge in [-0.25, -0.2) is 0 Å². The smallest absolute Gasteiger partial charge is 0.161 e. The fraction of sp³-hybridized carbons (Fsp3) is 0.381. The van der Waals surface area contributed by atoms with Crippen LogP contribution in [0.4, 0.5) is 0 Å². The zero-order valence-electron chi connectivity index (χ0n) is 16.1. The summed E-state index contributed by atoms with van der Waals surface area (Å²) in [5.41, 5.74) is 6.43. The first kappa shape index (κ1) is 21.2. The highest BCUT2D eigenvalue weighted by atomic mass is 32.1. The second kappa shape index (κ2) is 11.5. The molecule has 0 atom stereocenters. The van der Waals surface area contributed by atoms with Crippen LogP contribution in [0.3, 0.4) is 0 Å². The molecule has 2 aromatic rings. The number of para-hydroxylation sites is 2. The van der Waals surface area contributed by atoms with Gasteiger partial charge in [0.15, 0.2) is 23.0 Å². The van der Waals surface area contributed by atoms with E-state index in [1.165, 1.54) is 0 Å². The Labute approximate surface area is 175 Å². The van der Waals surface area contributed by atoms with Gasteiger partial charge in [-0.2, -0.15) is 0 Å². The highest BCUT2D eigenvalue weighted by molar-refractivity contribution is 7.80. The maximum absolute atomic E-state index is 5.81. The lowest BCUT2D eigenvalue weighted by atomic mass is 10.2. The molecule has 156 valence electrons. The number of fused-ring (bicyclic) bond motifs is 2. The fourth-order valence-corrected chi connectivity index (χ4v) is 2.76. The minimum Gasteiger partial charge on any atom is -0.487 e. The molecule has 0 radical (unpaired) electrons. The molecule has 3 rings (SSSR count). The quantitative estimate of drug-likeness (QED) is 0.707. The standard InChI is InChI=1S/C21H25NO6S/c22-21(29)16-5-6-19-20(15-16)28-14-10-24-8-12-26-18-4-2-1-3-17(18)25-11-7-23-9-13-27-19/h1-6,15H,7-14H2,(H2,22,29). The SMILES string of the molecule is NC(=S)c1ccc2c(c1)OCCOCCOc1ccccc1OCCOCCO2. The van der Waals surface area contributed by atoms with Crippen molar-refractivity contribution in [3.05, 3.63) is 48.0 Å². The Kier molecular flexibility index (Phi) is 8.36. The molecule has 0 amide bonds. The first-order valence-corrected chi connectivity index (χ1v) is 9.84. The Morgan fingerprint density at radius 1 is 0.621 bits per heavy atom. The minimum absolute atomic E-state index is 0.299. The molecule has 1 aliphatic heterocycles. The Balaban J connectivity index is 1.61. The van der Waals surface area contributed by atoms with Gasteiger partial charge in [0.2, 0.25) is 0 Å². The van der Waals surface area contributed by atoms with Crippen LogP contribution in [0.2, 0.25) is 0 Å². The second-order valence-corrected chi connectivity index (χ2v) is 6.53. The van der Waals surface area contributed by atoms with Crippen molar-refractivity contribution < 1.29 is 28.4 Å². The van der Waals surface area contributed by atoms with E-state index in [4.69, 9.17) is 46.4 Å². The number of hydrogen-bond donors (Lipinski definition) is 1. The summed E-state index contributed by atoms with van der Waals surface area (Å²) in [6, 6.07) is 12.9. The lowest BCUT2D eigenvalue weighted by Gasteiger charge is -2.16. The van der Waals surface area contributed by atoms with Crippen molar-refractivity contribution in [2.45, 2.75) is 0 Å². The number of thiocarbonyl (C=S) groups is 1. The molecule has 0 spiro atoms. The van der Waals surface area contributed by atoms with Crippen LogP contribution in [0.15, 0.2) is 42.5 Å². The van der Waals surface area contributed by atoms with Crippen LogP contribution in [0.5, 0.6) is 23.0 Å². The summed E-state index contributed by atoms with van der Waals surface area (Å²) in [6.45, 7) is 3.23. The molecule has 0 fully saturated rings. The van der Waals surface area contributed by atoms with E-state index in [1.54, 1.807) is 18.2 Å². The molecule has 2 N–H and O–H groups in total. The summed E-state index contributed by atoms with van der Waals surface area (Å²) in [5.74, 6) is 2.52. The largest absolute Gasteiger partial charge is 0.487 e. The van der Waals surface area contributed by atoms with Crippen LogP contribution < -0.4 is 24.7 Å². The number of rotatable bonds is 1. The first-order valence-electron chi connectivity index (χ1n) is 9.43. The minimum atomic E-state index is 0.299. The molecular weight excluding hydrogens is 394 g/mol. The number of benzene rings is 2. The maximum atomic E-state index is 5.81. The average Bonchev–Trinajstić information content (AvgIpc) is 2.73. The van der Waals surface area contributed by atoms with E-state index in [9.17, 15) is 0 Å². The van der Waals surface area contributed by atoms with Gasteiger partial charge in [0.05, 0.1) is 26.4 Å². The second-order valence-electron chi connectivity index (χ2n) is 6.09. The van der Waals surface area contributed by atoms with E-state index in [1.807, 2.05) is 24.3 Å². The highest BCUT2D eigenvalue weighted by Gasteiger charge is 2.09. The van der Waals surface area contributed by atoms with Crippen LogP contribution in [0.1, 0.15) is 5.56 Å². The summed E-state index contributed by atoms with van der Waals surface area (Å²) in [5, 5.41) is 0. The molecule has 0 aromatic heterocycles. The number of hydrogen-bond acceptors (Lipinski definition) is 7. The van der Waals surface area contributed by atoms with E-state index < -0.39 is 0 Å². The Morgan fingerprint density at radius 2 is 1.07 bits per heavy atom. The predicted molar refractivity (Wildman–Crippen MR) is 112 cm³/mol. The van der Waals surface area contributed by atoms with Crippen molar-refractivity contribution >= 4 is 17.2 Å². The Morgan fingerprint density at radius 3 is 1.55 bits per heavy atom. The lowest BCUT2D eigenvalue weighted by molar-refractivity contribution is 0.0640. The van der Waals surface area contributed by atoms with Crippen LogP contribution >= 0.6 is 12.2 Å². The molecule has 2 aromatic carbocycles. The molecule has 0 unspecified atom stereocenters. The third-order valence-electron chi connectivity index (χ3n) is 4.02. The number of nitrogens with two attached hydrogens (primary N) is 1. The summed E-state index contributed by atoms with van der Waals surface area (Å²) in [6.07, 6.45) is 0. The predicted octanol–water partition coefficient (Wildman–Crippen LogP) is 2.58. The molecule has 8 heteroatoms. The Hall–Kier alpha value is -2.55. The van der Waals surface area contributed by atoms with Crippen molar-refractivity contribution in [3.8, 4) is 23.0 Å². The van der Waals surface area contributed by atoms with Gasteiger partial charge >= 0.3 is 0 Å². The zero-order chi connectivity index (χ0) is 20.3. The van der Waals surface area contributed by atoms with E-state index in [0.29, 0.717) is 86.4 Å². The van der Waals surface area contributed by atoms with E-state index in [0.717, 1.165) is 0 Å². The van der Waals surface area contributed by atoms with Crippen LogP contribution in [-0.4, -0.2) is 57.8 Å². The Bertz CT molecular complexity index is 800. The lowest BCUT2D eigenvalue weighted by Crippen LogP contribution is -2.16. The molecule has 0 saturated heterocycles. The van der Waals surface area contributed by atoms with Gasteiger partial charge in [-0.1, -0.05) is 24.4 Å². The van der Waals surface area contributed by atoms with Gasteiger partial charge in [0.25, 0.3) is 0 Å². The summed E-state index contributed by atoms with van der Waals surface area (Å²) >= 11 is 5.04. The highest BCUT2D eigenvalue weighted by Crippen LogP contribution is 2.29. The van der Waals surface area contributed by atoms with Crippen molar-refractivity contribution in [2.75, 3.05) is 52.9 Å². The topological polar surface area (TPSA) is 81.4 Å². The van der Waals surface area contributed by atoms with Crippen LogP contribution in [-0.2, 0) is 9.47 Å². The molecule has 7 nitrogen and oxygen atoms in total. The summed E-state index contributed by atoms with van der Waals surface area (Å²) < 4.78 is 34.3. The molecule has 1 heterocycles. The van der Waals surface area contributed by atoms with Gasteiger partial charge in [-0.05, 0) is 30.3 Å². The molecule has 0 bridgehead atoms. The van der Waals surface area contributed by atoms with Gasteiger partial charge in [-0.15, -0.1) is 0 Å². The number of ether oxygens (including phenoxy) is 6. The molecule has 1 aliphatic rings.